The highest BCUT2D eigenvalue weighted by atomic mass is 16.2. The molecule has 2 amide bonds. The summed E-state index contributed by atoms with van der Waals surface area (Å²) >= 11 is 0. The highest BCUT2D eigenvalue weighted by Gasteiger charge is 2.28. The molecule has 0 saturated heterocycles. The normalized spacial score (nSPS) is 18.7. The fourth-order valence-electron chi connectivity index (χ4n) is 3.79. The van der Waals surface area contributed by atoms with Crippen LogP contribution >= 0.6 is 0 Å². The molecule has 4 heteroatoms. The Morgan fingerprint density at radius 1 is 1.04 bits per heavy atom. The van der Waals surface area contributed by atoms with Gasteiger partial charge in [0, 0.05) is 18.5 Å². The van der Waals surface area contributed by atoms with Crippen molar-refractivity contribution in [2.24, 2.45) is 0 Å². The zero-order valence-electron chi connectivity index (χ0n) is 14.2. The lowest BCUT2D eigenvalue weighted by molar-refractivity contribution is -0.123. The van der Waals surface area contributed by atoms with E-state index < -0.39 is 6.04 Å². The molecule has 1 heterocycles. The largest absolute Gasteiger partial charge is 0.350 e. The van der Waals surface area contributed by atoms with Crippen LogP contribution in [0.15, 0.2) is 42.5 Å². The monoisotopic (exact) mass is 334 g/mol. The number of benzene rings is 2. The van der Waals surface area contributed by atoms with Crippen LogP contribution in [0.1, 0.15) is 45.5 Å². The van der Waals surface area contributed by atoms with E-state index in [0.29, 0.717) is 18.5 Å². The van der Waals surface area contributed by atoms with E-state index >= 15 is 0 Å². The van der Waals surface area contributed by atoms with Gasteiger partial charge in [0.05, 0.1) is 0 Å². The number of hydrogen-bond acceptors (Lipinski definition) is 2. The van der Waals surface area contributed by atoms with Gasteiger partial charge in [-0.3, -0.25) is 9.59 Å². The van der Waals surface area contributed by atoms with Crippen molar-refractivity contribution in [1.29, 1.82) is 0 Å². The second-order valence-electron chi connectivity index (χ2n) is 6.92. The Hall–Kier alpha value is -2.62. The predicted molar refractivity (Wildman–Crippen MR) is 96.3 cm³/mol. The highest BCUT2D eigenvalue weighted by molar-refractivity contribution is 6.00. The van der Waals surface area contributed by atoms with Crippen molar-refractivity contribution >= 4 is 11.8 Å². The molecule has 128 valence electrons. The average molecular weight is 334 g/mol. The minimum Gasteiger partial charge on any atom is -0.350 e. The summed E-state index contributed by atoms with van der Waals surface area (Å²) in [5.74, 6) is -0.295. The van der Waals surface area contributed by atoms with E-state index in [9.17, 15) is 9.59 Å². The van der Waals surface area contributed by atoms with E-state index in [2.05, 4.69) is 28.8 Å². The molecule has 0 radical (unpaired) electrons. The standard InChI is InChI=1S/C21H22N2O2/c24-20-18-8-4-3-7-17(18)12-19(23-20)21(25)22-13-14-9-10-15-5-1-2-6-16(15)11-14/h3-4,7-11,19H,1-2,5-6,12-13H2,(H,22,25)(H,23,24)/t19-/m0/s1. The van der Waals surface area contributed by atoms with Gasteiger partial charge >= 0.3 is 0 Å². The van der Waals surface area contributed by atoms with Crippen LogP contribution in [0, 0.1) is 0 Å². The summed E-state index contributed by atoms with van der Waals surface area (Å²) in [6.07, 6.45) is 5.35. The van der Waals surface area contributed by atoms with E-state index in [-0.39, 0.29) is 11.8 Å². The Balaban J connectivity index is 1.40. The topological polar surface area (TPSA) is 58.2 Å². The number of hydrogen-bond donors (Lipinski definition) is 2. The summed E-state index contributed by atoms with van der Waals surface area (Å²) in [7, 11) is 0. The molecular formula is C21H22N2O2. The number of aryl methyl sites for hydroxylation is 2. The third-order valence-corrected chi connectivity index (χ3v) is 5.19. The lowest BCUT2D eigenvalue weighted by Gasteiger charge is -2.25. The zero-order chi connectivity index (χ0) is 17.2. The van der Waals surface area contributed by atoms with Gasteiger partial charge in [0.1, 0.15) is 6.04 Å². The molecule has 0 aromatic heterocycles. The van der Waals surface area contributed by atoms with Crippen molar-refractivity contribution in [2.75, 3.05) is 0 Å². The molecule has 0 saturated carbocycles. The smallest absolute Gasteiger partial charge is 0.252 e. The van der Waals surface area contributed by atoms with Crippen LogP contribution in [-0.4, -0.2) is 17.9 Å². The number of rotatable bonds is 3. The quantitative estimate of drug-likeness (QED) is 0.906. The van der Waals surface area contributed by atoms with Crippen LogP contribution in [-0.2, 0) is 30.6 Å². The van der Waals surface area contributed by atoms with Crippen molar-refractivity contribution in [1.82, 2.24) is 10.6 Å². The van der Waals surface area contributed by atoms with Gasteiger partial charge in [-0.05, 0) is 54.0 Å². The van der Waals surface area contributed by atoms with E-state index in [0.717, 1.165) is 24.0 Å². The first-order valence-electron chi connectivity index (χ1n) is 8.98. The van der Waals surface area contributed by atoms with Crippen molar-refractivity contribution in [3.05, 3.63) is 70.3 Å². The molecule has 2 aromatic rings. The molecule has 2 N–H and O–H groups in total. The van der Waals surface area contributed by atoms with Gasteiger partial charge < -0.3 is 10.6 Å². The van der Waals surface area contributed by atoms with Crippen LogP contribution in [0.25, 0.3) is 0 Å². The number of fused-ring (bicyclic) bond motifs is 2. The maximum Gasteiger partial charge on any atom is 0.252 e. The SMILES string of the molecule is O=C1N[C@H](C(=O)NCc2ccc3c(c2)CCCC3)Cc2ccccc21. The Kier molecular flexibility index (Phi) is 4.26. The predicted octanol–water partition coefficient (Wildman–Crippen LogP) is 2.54. The van der Waals surface area contributed by atoms with Gasteiger partial charge in [0.2, 0.25) is 5.91 Å². The van der Waals surface area contributed by atoms with Gasteiger partial charge in [-0.25, -0.2) is 0 Å². The molecule has 0 bridgehead atoms. The number of nitrogens with one attached hydrogen (secondary N) is 2. The molecule has 2 aromatic carbocycles. The maximum absolute atomic E-state index is 12.5. The molecule has 1 aliphatic carbocycles. The Morgan fingerprint density at radius 2 is 1.84 bits per heavy atom. The van der Waals surface area contributed by atoms with Crippen LogP contribution in [0.3, 0.4) is 0 Å². The summed E-state index contributed by atoms with van der Waals surface area (Å²) < 4.78 is 0. The van der Waals surface area contributed by atoms with E-state index in [1.807, 2.05) is 18.2 Å². The van der Waals surface area contributed by atoms with Gasteiger partial charge in [-0.1, -0.05) is 36.4 Å². The van der Waals surface area contributed by atoms with Gasteiger partial charge in [-0.15, -0.1) is 0 Å². The number of carbonyl (C=O) groups is 2. The summed E-state index contributed by atoms with van der Waals surface area (Å²) in [5, 5.41) is 5.78. The highest BCUT2D eigenvalue weighted by Crippen LogP contribution is 2.22. The number of carbonyl (C=O) groups excluding carboxylic acids is 2. The maximum atomic E-state index is 12.5. The van der Waals surface area contributed by atoms with E-state index in [1.165, 1.54) is 24.0 Å². The molecule has 25 heavy (non-hydrogen) atoms. The van der Waals surface area contributed by atoms with Crippen LogP contribution in [0.2, 0.25) is 0 Å². The summed E-state index contributed by atoms with van der Waals surface area (Å²) in [5.41, 5.74) is 5.58. The minimum atomic E-state index is -0.500. The first kappa shape index (κ1) is 15.9. The molecule has 1 atom stereocenters. The molecule has 1 aliphatic heterocycles. The molecule has 0 spiro atoms. The Morgan fingerprint density at radius 3 is 2.72 bits per heavy atom. The summed E-state index contributed by atoms with van der Waals surface area (Å²) in [4.78, 5) is 24.6. The Bertz CT molecular complexity index is 828. The fraction of sp³-hybridized carbons (Fsp3) is 0.333. The molecule has 4 rings (SSSR count). The second-order valence-corrected chi connectivity index (χ2v) is 6.92. The van der Waals surface area contributed by atoms with Crippen molar-refractivity contribution < 1.29 is 9.59 Å². The van der Waals surface area contributed by atoms with Crippen molar-refractivity contribution in [3.63, 3.8) is 0 Å². The van der Waals surface area contributed by atoms with Gasteiger partial charge in [0.25, 0.3) is 5.91 Å². The Labute approximate surface area is 147 Å². The second kappa shape index (κ2) is 6.71. The first-order valence-corrected chi connectivity index (χ1v) is 8.98. The minimum absolute atomic E-state index is 0.124. The lowest BCUT2D eigenvalue weighted by atomic mass is 9.90. The first-order chi connectivity index (χ1) is 12.2. The van der Waals surface area contributed by atoms with E-state index in [1.54, 1.807) is 6.07 Å². The summed E-state index contributed by atoms with van der Waals surface area (Å²) in [6, 6.07) is 13.5. The van der Waals surface area contributed by atoms with Crippen LogP contribution in [0.5, 0.6) is 0 Å². The fourth-order valence-corrected chi connectivity index (χ4v) is 3.79. The third-order valence-electron chi connectivity index (χ3n) is 5.19. The van der Waals surface area contributed by atoms with E-state index in [4.69, 9.17) is 0 Å². The van der Waals surface area contributed by atoms with Crippen LogP contribution < -0.4 is 10.6 Å². The average Bonchev–Trinajstić information content (AvgIpc) is 2.66. The molecule has 0 unspecified atom stereocenters. The molecular weight excluding hydrogens is 312 g/mol. The van der Waals surface area contributed by atoms with Crippen molar-refractivity contribution in [2.45, 2.75) is 44.7 Å². The molecule has 4 nitrogen and oxygen atoms in total. The summed E-state index contributed by atoms with van der Waals surface area (Å²) in [6.45, 7) is 0.500. The van der Waals surface area contributed by atoms with Gasteiger partial charge in [-0.2, -0.15) is 0 Å². The van der Waals surface area contributed by atoms with Crippen molar-refractivity contribution in [3.8, 4) is 0 Å². The molecule has 2 aliphatic rings. The van der Waals surface area contributed by atoms with Gasteiger partial charge in [0.15, 0.2) is 0 Å². The molecule has 0 fully saturated rings. The third kappa shape index (κ3) is 3.29. The lowest BCUT2D eigenvalue weighted by Crippen LogP contribution is -2.50. The zero-order valence-corrected chi connectivity index (χ0v) is 14.2. The van der Waals surface area contributed by atoms with Crippen LogP contribution in [0.4, 0.5) is 0 Å². The number of amides is 2.